The Balaban J connectivity index is 1.23. The molecule has 2 aromatic carbocycles. The number of Topliss-reactive ketones (excluding diaryl/α,β-unsaturated/α-hetero) is 2. The van der Waals surface area contributed by atoms with E-state index in [0.29, 0.717) is 30.7 Å². The van der Waals surface area contributed by atoms with Crippen LogP contribution in [0.15, 0.2) is 79.3 Å². The molecule has 1 aliphatic rings. The van der Waals surface area contributed by atoms with Gasteiger partial charge in [-0.05, 0) is 53.3 Å². The van der Waals surface area contributed by atoms with Crippen molar-refractivity contribution in [3.05, 3.63) is 113 Å². The van der Waals surface area contributed by atoms with Gasteiger partial charge in [0, 0.05) is 49.0 Å². The molecule has 6 heteroatoms. The molecule has 2 aromatic heterocycles. The number of ether oxygens (including phenoxy) is 1. The Morgan fingerprint density at radius 2 is 1.74 bits per heavy atom. The van der Waals surface area contributed by atoms with Crippen LogP contribution < -0.4 is 0 Å². The van der Waals surface area contributed by atoms with E-state index in [1.54, 1.807) is 18.6 Å². The van der Waals surface area contributed by atoms with Crippen molar-refractivity contribution >= 4 is 11.6 Å². The SMILES string of the molecule is Cc1ccc(CC(=O)c2ccc(CC(=O)C3OC3C(C)C)cc2)cc1Cc1nccc(-c2cccnc2)n1. The molecule has 1 aliphatic heterocycles. The Hall–Kier alpha value is -4.03. The lowest BCUT2D eigenvalue weighted by Crippen LogP contribution is -2.15. The van der Waals surface area contributed by atoms with Crippen LogP contribution in [0.4, 0.5) is 0 Å². The van der Waals surface area contributed by atoms with Crippen molar-refractivity contribution < 1.29 is 14.3 Å². The van der Waals surface area contributed by atoms with Crippen molar-refractivity contribution in [2.45, 2.75) is 52.2 Å². The van der Waals surface area contributed by atoms with Crippen molar-refractivity contribution in [1.82, 2.24) is 15.0 Å². The number of hydrogen-bond acceptors (Lipinski definition) is 6. The first kappa shape index (κ1) is 25.6. The van der Waals surface area contributed by atoms with Gasteiger partial charge in [-0.2, -0.15) is 0 Å². The normalized spacial score (nSPS) is 16.4. The predicted molar refractivity (Wildman–Crippen MR) is 146 cm³/mol. The maximum atomic E-state index is 13.0. The van der Waals surface area contributed by atoms with Gasteiger partial charge in [0.15, 0.2) is 11.6 Å². The van der Waals surface area contributed by atoms with E-state index in [2.05, 4.69) is 36.8 Å². The maximum Gasteiger partial charge on any atom is 0.168 e. The van der Waals surface area contributed by atoms with Crippen LogP contribution in [-0.4, -0.2) is 38.7 Å². The molecule has 4 aromatic rings. The molecular weight excluding hydrogens is 474 g/mol. The highest BCUT2D eigenvalue weighted by Crippen LogP contribution is 2.30. The third kappa shape index (κ3) is 6.09. The summed E-state index contributed by atoms with van der Waals surface area (Å²) in [7, 11) is 0. The predicted octanol–water partition coefficient (Wildman–Crippen LogP) is 5.40. The van der Waals surface area contributed by atoms with E-state index in [9.17, 15) is 9.59 Å². The molecule has 3 heterocycles. The van der Waals surface area contributed by atoms with Crippen LogP contribution in [0, 0.1) is 12.8 Å². The van der Waals surface area contributed by atoms with Crippen LogP contribution in [0.1, 0.15) is 52.3 Å². The van der Waals surface area contributed by atoms with Crippen LogP contribution >= 0.6 is 0 Å². The minimum absolute atomic E-state index is 0.0397. The van der Waals surface area contributed by atoms with Gasteiger partial charge in [-0.25, -0.2) is 9.97 Å². The Kier molecular flexibility index (Phi) is 7.52. The lowest BCUT2D eigenvalue weighted by atomic mass is 9.96. The second-order valence-electron chi connectivity index (χ2n) is 10.2. The zero-order chi connectivity index (χ0) is 26.6. The molecule has 2 atom stereocenters. The van der Waals surface area contributed by atoms with Crippen molar-refractivity contribution in [3.63, 3.8) is 0 Å². The van der Waals surface area contributed by atoms with E-state index >= 15 is 0 Å². The number of carbonyl (C=O) groups excluding carboxylic acids is 2. The molecule has 1 saturated heterocycles. The Morgan fingerprint density at radius 3 is 2.45 bits per heavy atom. The molecule has 192 valence electrons. The smallest absolute Gasteiger partial charge is 0.168 e. The largest absolute Gasteiger partial charge is 0.361 e. The summed E-state index contributed by atoms with van der Waals surface area (Å²) in [6.07, 6.45) is 6.26. The van der Waals surface area contributed by atoms with Gasteiger partial charge in [0.2, 0.25) is 0 Å². The number of rotatable bonds is 10. The third-order valence-electron chi connectivity index (χ3n) is 6.94. The molecule has 0 bridgehead atoms. The number of nitrogens with zero attached hydrogens (tertiary/aromatic N) is 3. The molecular formula is C32H31N3O3. The first-order valence-electron chi connectivity index (χ1n) is 13.0. The van der Waals surface area contributed by atoms with E-state index in [1.807, 2.05) is 54.6 Å². The number of pyridine rings is 1. The lowest BCUT2D eigenvalue weighted by Gasteiger charge is -2.10. The second-order valence-corrected chi connectivity index (χ2v) is 10.2. The van der Waals surface area contributed by atoms with E-state index in [4.69, 9.17) is 9.72 Å². The van der Waals surface area contributed by atoms with Gasteiger partial charge in [0.25, 0.3) is 0 Å². The van der Waals surface area contributed by atoms with Gasteiger partial charge >= 0.3 is 0 Å². The van der Waals surface area contributed by atoms with Gasteiger partial charge < -0.3 is 4.74 Å². The summed E-state index contributed by atoms with van der Waals surface area (Å²) >= 11 is 0. The molecule has 0 amide bonds. The van der Waals surface area contributed by atoms with Crippen LogP contribution in [0.2, 0.25) is 0 Å². The van der Waals surface area contributed by atoms with E-state index in [1.165, 1.54) is 0 Å². The minimum Gasteiger partial charge on any atom is -0.361 e. The highest BCUT2D eigenvalue weighted by molar-refractivity contribution is 5.97. The average Bonchev–Trinajstić information content (AvgIpc) is 3.74. The summed E-state index contributed by atoms with van der Waals surface area (Å²) < 4.78 is 5.51. The number of epoxide rings is 1. The van der Waals surface area contributed by atoms with Crippen LogP contribution in [0.25, 0.3) is 11.3 Å². The second kappa shape index (κ2) is 11.2. The summed E-state index contributed by atoms with van der Waals surface area (Å²) in [6, 6.07) is 19.2. The Morgan fingerprint density at radius 1 is 0.947 bits per heavy atom. The Bertz CT molecular complexity index is 1450. The highest BCUT2D eigenvalue weighted by Gasteiger charge is 2.45. The summed E-state index contributed by atoms with van der Waals surface area (Å²) in [5.74, 6) is 1.21. The van der Waals surface area contributed by atoms with E-state index in [-0.39, 0.29) is 23.8 Å². The van der Waals surface area contributed by atoms with Gasteiger partial charge in [0.05, 0.1) is 11.8 Å². The first-order chi connectivity index (χ1) is 18.4. The van der Waals surface area contributed by atoms with Crippen molar-refractivity contribution in [1.29, 1.82) is 0 Å². The Labute approximate surface area is 223 Å². The fourth-order valence-corrected chi connectivity index (χ4v) is 4.64. The fourth-order valence-electron chi connectivity index (χ4n) is 4.64. The van der Waals surface area contributed by atoms with Gasteiger partial charge in [-0.3, -0.25) is 14.6 Å². The zero-order valence-electron chi connectivity index (χ0n) is 21.9. The summed E-state index contributed by atoms with van der Waals surface area (Å²) in [5, 5.41) is 0. The van der Waals surface area contributed by atoms with Gasteiger partial charge in [-0.1, -0.05) is 56.3 Å². The molecule has 5 rings (SSSR count). The zero-order valence-corrected chi connectivity index (χ0v) is 21.9. The molecule has 0 aliphatic carbocycles. The third-order valence-corrected chi connectivity index (χ3v) is 6.94. The number of hydrogen-bond donors (Lipinski definition) is 0. The molecule has 2 unspecified atom stereocenters. The van der Waals surface area contributed by atoms with Crippen molar-refractivity contribution in [2.24, 2.45) is 5.92 Å². The number of ketones is 2. The lowest BCUT2D eigenvalue weighted by molar-refractivity contribution is -0.119. The monoisotopic (exact) mass is 505 g/mol. The van der Waals surface area contributed by atoms with E-state index < -0.39 is 0 Å². The van der Waals surface area contributed by atoms with Gasteiger partial charge in [-0.15, -0.1) is 0 Å². The molecule has 0 radical (unpaired) electrons. The maximum absolute atomic E-state index is 13.0. The van der Waals surface area contributed by atoms with Crippen LogP contribution in [0.3, 0.4) is 0 Å². The average molecular weight is 506 g/mol. The van der Waals surface area contributed by atoms with Crippen LogP contribution in [0.5, 0.6) is 0 Å². The first-order valence-corrected chi connectivity index (χ1v) is 13.0. The molecule has 6 nitrogen and oxygen atoms in total. The molecule has 38 heavy (non-hydrogen) atoms. The summed E-state index contributed by atoms with van der Waals surface area (Å²) in [5.41, 5.74) is 6.49. The fraction of sp³-hybridized carbons (Fsp3) is 0.281. The number of aryl methyl sites for hydroxylation is 1. The topological polar surface area (TPSA) is 85.3 Å². The standard InChI is InChI=1S/C32H31N3O3/c1-20(2)31-32(38-31)29(37)16-22-8-10-24(11-9-22)28(36)17-23-7-6-21(3)26(15-23)18-30-34-14-12-27(35-30)25-5-4-13-33-19-25/h4-15,19-20,31-32H,16-18H2,1-3H3. The molecule has 0 saturated carbocycles. The molecule has 0 spiro atoms. The van der Waals surface area contributed by atoms with Crippen molar-refractivity contribution in [2.75, 3.05) is 0 Å². The number of aromatic nitrogens is 3. The molecule has 1 fully saturated rings. The van der Waals surface area contributed by atoms with Crippen molar-refractivity contribution in [3.8, 4) is 11.3 Å². The van der Waals surface area contributed by atoms with E-state index in [0.717, 1.165) is 39.3 Å². The summed E-state index contributed by atoms with van der Waals surface area (Å²) in [4.78, 5) is 38.8. The number of carbonyl (C=O) groups is 2. The molecule has 0 N–H and O–H groups in total. The summed E-state index contributed by atoms with van der Waals surface area (Å²) in [6.45, 7) is 6.18. The minimum atomic E-state index is -0.282. The van der Waals surface area contributed by atoms with Crippen LogP contribution in [-0.2, 0) is 28.8 Å². The quantitative estimate of drug-likeness (QED) is 0.212. The number of benzene rings is 2. The highest BCUT2D eigenvalue weighted by atomic mass is 16.6. The van der Waals surface area contributed by atoms with Gasteiger partial charge in [0.1, 0.15) is 11.9 Å².